The number of benzene rings is 4. The van der Waals surface area contributed by atoms with Crippen LogP contribution in [0.25, 0.3) is 0 Å². The maximum atomic E-state index is 5.58. The van der Waals surface area contributed by atoms with Crippen molar-refractivity contribution in [2.75, 3.05) is 0 Å². The maximum absolute atomic E-state index is 5.58. The first-order chi connectivity index (χ1) is 18.8. The molecule has 0 unspecified atom stereocenters. The highest BCUT2D eigenvalue weighted by atomic mass is 16.5. The SMILES string of the molecule is C=CCCCCCCCCCC.c1ccc(Oc2ccccc2)cc1.c1ccc(Oc2ccccc2)cc1. The summed E-state index contributed by atoms with van der Waals surface area (Å²) in [5, 5.41) is 0. The minimum atomic E-state index is 0.869. The molecule has 0 radical (unpaired) electrons. The molecule has 0 aliphatic rings. The number of allylic oxidation sites excluding steroid dienone is 1. The first-order valence-electron chi connectivity index (χ1n) is 14.0. The van der Waals surface area contributed by atoms with Crippen molar-refractivity contribution in [1.29, 1.82) is 0 Å². The van der Waals surface area contributed by atoms with Gasteiger partial charge in [0, 0.05) is 0 Å². The van der Waals surface area contributed by atoms with Gasteiger partial charge in [-0.1, -0.05) is 131 Å². The molecular weight excluding hydrogens is 464 g/mol. The predicted octanol–water partition coefficient (Wildman–Crippen LogP) is 11.7. The predicted molar refractivity (Wildman–Crippen MR) is 163 cm³/mol. The van der Waals surface area contributed by atoms with Crippen LogP contribution < -0.4 is 9.47 Å². The monoisotopic (exact) mass is 508 g/mol. The van der Waals surface area contributed by atoms with Crippen molar-refractivity contribution in [3.63, 3.8) is 0 Å². The third-order valence-electron chi connectivity index (χ3n) is 5.71. The van der Waals surface area contributed by atoms with E-state index in [-0.39, 0.29) is 0 Å². The average molecular weight is 509 g/mol. The molecular formula is C36H44O2. The molecule has 0 N–H and O–H groups in total. The molecule has 0 heterocycles. The van der Waals surface area contributed by atoms with Crippen LogP contribution in [0.2, 0.25) is 0 Å². The van der Waals surface area contributed by atoms with Crippen LogP contribution in [0.5, 0.6) is 23.0 Å². The van der Waals surface area contributed by atoms with Crippen molar-refractivity contribution in [1.82, 2.24) is 0 Å². The van der Waals surface area contributed by atoms with E-state index in [1.807, 2.05) is 127 Å². The quantitative estimate of drug-likeness (QED) is 0.132. The molecule has 2 nitrogen and oxygen atoms in total. The lowest BCUT2D eigenvalue weighted by molar-refractivity contribution is 0.482. The Labute approximate surface area is 231 Å². The lowest BCUT2D eigenvalue weighted by Crippen LogP contribution is -1.81. The van der Waals surface area contributed by atoms with Crippen LogP contribution in [0.1, 0.15) is 64.7 Å². The molecule has 4 aromatic rings. The summed E-state index contributed by atoms with van der Waals surface area (Å²) in [4.78, 5) is 0. The third-order valence-corrected chi connectivity index (χ3v) is 5.71. The lowest BCUT2D eigenvalue weighted by Gasteiger charge is -2.03. The highest BCUT2D eigenvalue weighted by molar-refractivity contribution is 5.31. The van der Waals surface area contributed by atoms with E-state index in [9.17, 15) is 0 Å². The summed E-state index contributed by atoms with van der Waals surface area (Å²) >= 11 is 0. The molecule has 200 valence electrons. The van der Waals surface area contributed by atoms with Crippen LogP contribution in [0.15, 0.2) is 134 Å². The molecule has 0 atom stereocenters. The fraction of sp³-hybridized carbons (Fsp3) is 0.278. The third kappa shape index (κ3) is 15.4. The zero-order valence-electron chi connectivity index (χ0n) is 23.0. The van der Waals surface area contributed by atoms with Crippen molar-refractivity contribution in [2.45, 2.75) is 64.7 Å². The second kappa shape index (κ2) is 21.3. The van der Waals surface area contributed by atoms with Crippen LogP contribution in [0.4, 0.5) is 0 Å². The van der Waals surface area contributed by atoms with Crippen LogP contribution in [0, 0.1) is 0 Å². The normalized spacial score (nSPS) is 9.71. The van der Waals surface area contributed by atoms with Gasteiger partial charge < -0.3 is 9.47 Å². The van der Waals surface area contributed by atoms with E-state index >= 15 is 0 Å². The van der Waals surface area contributed by atoms with Gasteiger partial charge >= 0.3 is 0 Å². The number of unbranched alkanes of at least 4 members (excludes halogenated alkanes) is 8. The Hall–Kier alpha value is -3.78. The van der Waals surface area contributed by atoms with Gasteiger partial charge in [-0.15, -0.1) is 6.58 Å². The number of rotatable bonds is 13. The molecule has 0 aliphatic heterocycles. The van der Waals surface area contributed by atoms with Gasteiger partial charge in [0.05, 0.1) is 0 Å². The van der Waals surface area contributed by atoms with E-state index in [0.717, 1.165) is 23.0 Å². The summed E-state index contributed by atoms with van der Waals surface area (Å²) in [7, 11) is 0. The fourth-order valence-corrected chi connectivity index (χ4v) is 3.65. The molecule has 0 bridgehead atoms. The summed E-state index contributed by atoms with van der Waals surface area (Å²) in [5.41, 5.74) is 0. The van der Waals surface area contributed by atoms with E-state index < -0.39 is 0 Å². The Morgan fingerprint density at radius 1 is 0.447 bits per heavy atom. The maximum Gasteiger partial charge on any atom is 0.127 e. The van der Waals surface area contributed by atoms with Crippen LogP contribution in [-0.2, 0) is 0 Å². The van der Waals surface area contributed by atoms with Gasteiger partial charge in [-0.25, -0.2) is 0 Å². The number of para-hydroxylation sites is 4. The Balaban J connectivity index is 0.000000201. The summed E-state index contributed by atoms with van der Waals surface area (Å²) in [5.74, 6) is 3.48. The minimum Gasteiger partial charge on any atom is -0.457 e. The number of hydrogen-bond donors (Lipinski definition) is 0. The topological polar surface area (TPSA) is 18.5 Å². The molecule has 0 fully saturated rings. The summed E-state index contributed by atoms with van der Waals surface area (Å²) < 4.78 is 11.2. The average Bonchev–Trinajstić information content (AvgIpc) is 2.97. The van der Waals surface area contributed by atoms with E-state index in [1.165, 1.54) is 57.8 Å². The van der Waals surface area contributed by atoms with Gasteiger partial charge in [0.2, 0.25) is 0 Å². The number of hydrogen-bond acceptors (Lipinski definition) is 2. The van der Waals surface area contributed by atoms with Crippen LogP contribution >= 0.6 is 0 Å². The smallest absolute Gasteiger partial charge is 0.127 e. The Morgan fingerprint density at radius 3 is 1.03 bits per heavy atom. The van der Waals surface area contributed by atoms with Gasteiger partial charge in [0.25, 0.3) is 0 Å². The van der Waals surface area contributed by atoms with Crippen molar-refractivity contribution >= 4 is 0 Å². The summed E-state index contributed by atoms with van der Waals surface area (Å²) in [6, 6.07) is 39.0. The first-order valence-corrected chi connectivity index (χ1v) is 14.0. The molecule has 4 rings (SSSR count). The van der Waals surface area contributed by atoms with E-state index in [2.05, 4.69) is 13.5 Å². The van der Waals surface area contributed by atoms with Gasteiger partial charge in [-0.05, 0) is 61.4 Å². The first kappa shape index (κ1) is 30.4. The second-order valence-electron chi connectivity index (χ2n) is 9.01. The van der Waals surface area contributed by atoms with Gasteiger partial charge in [-0.3, -0.25) is 0 Å². The van der Waals surface area contributed by atoms with Gasteiger partial charge in [-0.2, -0.15) is 0 Å². The molecule has 0 saturated heterocycles. The molecule has 0 aromatic heterocycles. The van der Waals surface area contributed by atoms with Gasteiger partial charge in [0.1, 0.15) is 23.0 Å². The molecule has 0 amide bonds. The summed E-state index contributed by atoms with van der Waals surface area (Å²) in [6.45, 7) is 5.99. The standard InChI is InChI=1S/2C12H10O.C12H24/c2*1-3-7-11(8-4-1)13-12-9-5-2-6-10-12;1-3-5-7-9-11-12-10-8-6-4-2/h2*1-10H;3H,1,4-12H2,2H3. The Morgan fingerprint density at radius 2 is 0.737 bits per heavy atom. The largest absolute Gasteiger partial charge is 0.457 e. The second-order valence-corrected chi connectivity index (χ2v) is 9.01. The van der Waals surface area contributed by atoms with Gasteiger partial charge in [0.15, 0.2) is 0 Å². The molecule has 4 aromatic carbocycles. The number of ether oxygens (including phenoxy) is 2. The van der Waals surface area contributed by atoms with E-state index in [4.69, 9.17) is 9.47 Å². The van der Waals surface area contributed by atoms with Crippen LogP contribution in [0.3, 0.4) is 0 Å². The summed E-state index contributed by atoms with van der Waals surface area (Å²) in [6.07, 6.45) is 14.5. The van der Waals surface area contributed by atoms with E-state index in [0.29, 0.717) is 0 Å². The molecule has 0 aliphatic carbocycles. The zero-order valence-corrected chi connectivity index (χ0v) is 23.0. The molecule has 0 saturated carbocycles. The lowest BCUT2D eigenvalue weighted by atomic mass is 10.1. The zero-order chi connectivity index (χ0) is 26.9. The Bertz CT molecular complexity index is 896. The Kier molecular flexibility index (Phi) is 17.1. The van der Waals surface area contributed by atoms with Crippen LogP contribution in [-0.4, -0.2) is 0 Å². The van der Waals surface area contributed by atoms with Crippen molar-refractivity contribution in [2.24, 2.45) is 0 Å². The highest BCUT2D eigenvalue weighted by Gasteiger charge is 1.94. The highest BCUT2D eigenvalue weighted by Crippen LogP contribution is 2.20. The van der Waals surface area contributed by atoms with Crippen molar-refractivity contribution in [3.05, 3.63) is 134 Å². The van der Waals surface area contributed by atoms with Crippen molar-refractivity contribution < 1.29 is 9.47 Å². The fourth-order valence-electron chi connectivity index (χ4n) is 3.65. The molecule has 0 spiro atoms. The van der Waals surface area contributed by atoms with Crippen molar-refractivity contribution in [3.8, 4) is 23.0 Å². The molecule has 2 heteroatoms. The molecule has 38 heavy (non-hydrogen) atoms. The van der Waals surface area contributed by atoms with E-state index in [1.54, 1.807) is 0 Å². The minimum absolute atomic E-state index is 0.869.